The van der Waals surface area contributed by atoms with Crippen molar-refractivity contribution in [3.8, 4) is 0 Å². The lowest BCUT2D eigenvalue weighted by molar-refractivity contribution is -0.148. The third-order valence-electron chi connectivity index (χ3n) is 2.16. The Kier molecular flexibility index (Phi) is 3.62. The molecule has 0 bridgehead atoms. The molecule has 0 saturated carbocycles. The molecule has 1 nitrogen and oxygen atoms in total. The van der Waals surface area contributed by atoms with Crippen LogP contribution in [0.1, 0.15) is 17.0 Å². The van der Waals surface area contributed by atoms with Gasteiger partial charge in [-0.15, -0.1) is 0 Å². The van der Waals surface area contributed by atoms with Crippen LogP contribution in [0.5, 0.6) is 0 Å². The second-order valence-corrected chi connectivity index (χ2v) is 3.76. The van der Waals surface area contributed by atoms with Crippen LogP contribution in [0.3, 0.4) is 0 Å². The molecular weight excluding hydrogens is 227 g/mol. The number of aryl methyl sites for hydroxylation is 1. The van der Waals surface area contributed by atoms with Gasteiger partial charge < -0.3 is 5.73 Å². The molecule has 5 heteroatoms. The topological polar surface area (TPSA) is 26.0 Å². The summed E-state index contributed by atoms with van der Waals surface area (Å²) < 4.78 is 37.6. The van der Waals surface area contributed by atoms with E-state index in [2.05, 4.69) is 0 Å². The van der Waals surface area contributed by atoms with Crippen molar-refractivity contribution in [2.45, 2.75) is 19.0 Å². The number of nitrogens with two attached hydrogens (primary N) is 1. The summed E-state index contributed by atoms with van der Waals surface area (Å²) in [5.74, 6) is -1.69. The highest BCUT2D eigenvalue weighted by Crippen LogP contribution is 2.37. The Morgan fingerprint density at radius 1 is 1.40 bits per heavy atom. The molecule has 1 aromatic carbocycles. The minimum absolute atomic E-state index is 0.0391. The number of rotatable bonds is 2. The minimum atomic E-state index is -4.35. The molecule has 15 heavy (non-hydrogen) atoms. The Hall–Kier alpha value is -0.740. The van der Waals surface area contributed by atoms with Crippen molar-refractivity contribution in [1.29, 1.82) is 0 Å². The summed E-state index contributed by atoms with van der Waals surface area (Å²) in [5, 5.41) is 0.114. The molecular formula is C10H11ClF3N. The Morgan fingerprint density at radius 2 is 2.00 bits per heavy atom. The molecule has 0 spiro atoms. The normalized spacial score (nSPS) is 14.0. The van der Waals surface area contributed by atoms with Gasteiger partial charge in [0.25, 0.3) is 0 Å². The Bertz CT molecular complexity index is 349. The first kappa shape index (κ1) is 12.3. The SMILES string of the molecule is Cc1ccc(C(CN)C(F)(F)F)c(Cl)c1. The van der Waals surface area contributed by atoms with E-state index in [9.17, 15) is 13.2 Å². The lowest BCUT2D eigenvalue weighted by Crippen LogP contribution is -2.28. The van der Waals surface area contributed by atoms with Crippen LogP contribution in [-0.4, -0.2) is 12.7 Å². The van der Waals surface area contributed by atoms with Gasteiger partial charge in [0.05, 0.1) is 5.92 Å². The molecule has 0 aliphatic carbocycles. The molecule has 0 aromatic heterocycles. The summed E-state index contributed by atoms with van der Waals surface area (Å²) in [6.07, 6.45) is -4.35. The van der Waals surface area contributed by atoms with Crippen molar-refractivity contribution < 1.29 is 13.2 Å². The van der Waals surface area contributed by atoms with Gasteiger partial charge in [-0.05, 0) is 24.1 Å². The van der Waals surface area contributed by atoms with Gasteiger partial charge in [-0.1, -0.05) is 23.7 Å². The zero-order chi connectivity index (χ0) is 11.6. The monoisotopic (exact) mass is 237 g/mol. The Labute approximate surface area is 91.0 Å². The fourth-order valence-electron chi connectivity index (χ4n) is 1.35. The van der Waals surface area contributed by atoms with Crippen LogP contribution in [0.4, 0.5) is 13.2 Å². The highest BCUT2D eigenvalue weighted by atomic mass is 35.5. The molecule has 0 aliphatic rings. The maximum atomic E-state index is 12.5. The van der Waals surface area contributed by atoms with E-state index < -0.39 is 18.6 Å². The van der Waals surface area contributed by atoms with Crippen molar-refractivity contribution >= 4 is 11.6 Å². The molecule has 84 valence electrons. The summed E-state index contributed by atoms with van der Waals surface area (Å²) in [6, 6.07) is 4.48. The van der Waals surface area contributed by atoms with Crippen molar-refractivity contribution in [3.63, 3.8) is 0 Å². The number of alkyl halides is 3. The first-order valence-electron chi connectivity index (χ1n) is 4.39. The van der Waals surface area contributed by atoms with E-state index in [4.69, 9.17) is 17.3 Å². The average Bonchev–Trinajstić information content (AvgIpc) is 2.07. The summed E-state index contributed by atoms with van der Waals surface area (Å²) in [6.45, 7) is 1.27. The molecule has 0 heterocycles. The summed E-state index contributed by atoms with van der Waals surface area (Å²) in [5.41, 5.74) is 5.98. The third kappa shape index (κ3) is 2.86. The maximum Gasteiger partial charge on any atom is 0.397 e. The van der Waals surface area contributed by atoms with E-state index in [1.165, 1.54) is 12.1 Å². The molecule has 0 amide bonds. The maximum absolute atomic E-state index is 12.5. The third-order valence-corrected chi connectivity index (χ3v) is 2.49. The van der Waals surface area contributed by atoms with Crippen LogP contribution in [0.2, 0.25) is 5.02 Å². The van der Waals surface area contributed by atoms with Gasteiger partial charge >= 0.3 is 6.18 Å². The van der Waals surface area contributed by atoms with Crippen LogP contribution in [0.15, 0.2) is 18.2 Å². The van der Waals surface area contributed by atoms with Crippen LogP contribution >= 0.6 is 11.6 Å². The first-order valence-corrected chi connectivity index (χ1v) is 4.77. The summed E-state index contributed by atoms with van der Waals surface area (Å²) in [4.78, 5) is 0. The minimum Gasteiger partial charge on any atom is -0.330 e. The smallest absolute Gasteiger partial charge is 0.330 e. The van der Waals surface area contributed by atoms with Crippen LogP contribution in [0, 0.1) is 6.92 Å². The van der Waals surface area contributed by atoms with E-state index in [1.807, 2.05) is 0 Å². The van der Waals surface area contributed by atoms with Gasteiger partial charge in [0.2, 0.25) is 0 Å². The van der Waals surface area contributed by atoms with Crippen molar-refractivity contribution in [3.05, 3.63) is 34.3 Å². The fraction of sp³-hybridized carbons (Fsp3) is 0.400. The second kappa shape index (κ2) is 4.41. The highest BCUT2D eigenvalue weighted by Gasteiger charge is 2.40. The zero-order valence-electron chi connectivity index (χ0n) is 8.11. The van der Waals surface area contributed by atoms with Gasteiger partial charge in [0, 0.05) is 11.6 Å². The lowest BCUT2D eigenvalue weighted by Gasteiger charge is -2.20. The van der Waals surface area contributed by atoms with E-state index in [0.29, 0.717) is 0 Å². The molecule has 1 unspecified atom stereocenters. The zero-order valence-corrected chi connectivity index (χ0v) is 8.86. The number of hydrogen-bond donors (Lipinski definition) is 1. The standard InChI is InChI=1S/C10H11ClF3N/c1-6-2-3-7(9(11)4-6)8(5-15)10(12,13)14/h2-4,8H,5,15H2,1H3. The summed E-state index contributed by atoms with van der Waals surface area (Å²) in [7, 11) is 0. The quantitative estimate of drug-likeness (QED) is 0.840. The molecule has 2 N–H and O–H groups in total. The lowest BCUT2D eigenvalue weighted by atomic mass is 9.97. The predicted molar refractivity (Wildman–Crippen MR) is 54.0 cm³/mol. The van der Waals surface area contributed by atoms with Crippen LogP contribution in [-0.2, 0) is 0 Å². The Morgan fingerprint density at radius 3 is 2.40 bits per heavy atom. The van der Waals surface area contributed by atoms with Crippen molar-refractivity contribution in [1.82, 2.24) is 0 Å². The van der Waals surface area contributed by atoms with E-state index in [1.54, 1.807) is 13.0 Å². The van der Waals surface area contributed by atoms with Gasteiger partial charge in [-0.3, -0.25) is 0 Å². The Balaban J connectivity index is 3.13. The van der Waals surface area contributed by atoms with Gasteiger partial charge in [-0.25, -0.2) is 0 Å². The van der Waals surface area contributed by atoms with E-state index >= 15 is 0 Å². The molecule has 1 atom stereocenters. The number of benzene rings is 1. The van der Waals surface area contributed by atoms with E-state index in [0.717, 1.165) is 5.56 Å². The number of hydrogen-bond acceptors (Lipinski definition) is 1. The highest BCUT2D eigenvalue weighted by molar-refractivity contribution is 6.31. The average molecular weight is 238 g/mol. The van der Waals surface area contributed by atoms with E-state index in [-0.39, 0.29) is 10.6 Å². The van der Waals surface area contributed by atoms with Crippen molar-refractivity contribution in [2.75, 3.05) is 6.54 Å². The molecule has 0 fully saturated rings. The van der Waals surface area contributed by atoms with Crippen LogP contribution < -0.4 is 5.73 Å². The number of halogens is 4. The molecule has 1 aromatic rings. The molecule has 0 aliphatic heterocycles. The predicted octanol–water partition coefficient (Wildman–Crippen LogP) is 3.25. The van der Waals surface area contributed by atoms with Gasteiger partial charge in [0.1, 0.15) is 0 Å². The second-order valence-electron chi connectivity index (χ2n) is 3.35. The summed E-state index contributed by atoms with van der Waals surface area (Å²) >= 11 is 5.75. The fourth-order valence-corrected chi connectivity index (χ4v) is 1.72. The van der Waals surface area contributed by atoms with Gasteiger partial charge in [0.15, 0.2) is 0 Å². The van der Waals surface area contributed by atoms with Crippen molar-refractivity contribution in [2.24, 2.45) is 5.73 Å². The first-order chi connectivity index (χ1) is 6.86. The molecule has 1 rings (SSSR count). The molecule has 0 saturated heterocycles. The van der Waals surface area contributed by atoms with Crippen LogP contribution in [0.25, 0.3) is 0 Å². The van der Waals surface area contributed by atoms with Gasteiger partial charge in [-0.2, -0.15) is 13.2 Å². The largest absolute Gasteiger partial charge is 0.397 e. The molecule has 0 radical (unpaired) electrons.